The first-order valence-corrected chi connectivity index (χ1v) is 21.9. The summed E-state index contributed by atoms with van der Waals surface area (Å²) in [4.78, 5) is 38.1. The van der Waals surface area contributed by atoms with Crippen molar-refractivity contribution in [1.82, 2.24) is 35.5 Å². The number of carbonyl (C=O) groups excluding carboxylic acids is 2. The number of aliphatic hydroxyl groups excluding tert-OH is 1. The van der Waals surface area contributed by atoms with Gasteiger partial charge >= 0.3 is 0 Å². The van der Waals surface area contributed by atoms with Gasteiger partial charge in [-0.3, -0.25) is 14.5 Å². The second-order valence-corrected chi connectivity index (χ2v) is 17.6. The zero-order valence-corrected chi connectivity index (χ0v) is 35.2. The molecule has 0 aliphatic carbocycles. The second-order valence-electron chi connectivity index (χ2n) is 15.9. The Morgan fingerprint density at radius 3 is 2.54 bits per heavy atom. The maximum absolute atomic E-state index is 14.2. The number of benzene rings is 2. The summed E-state index contributed by atoms with van der Waals surface area (Å²) in [5.41, 5.74) is 7.44. The molecule has 4 atom stereocenters. The Labute approximate surface area is 351 Å². The Balaban J connectivity index is 0.842. The van der Waals surface area contributed by atoms with E-state index in [0.29, 0.717) is 42.0 Å². The van der Waals surface area contributed by atoms with Gasteiger partial charge in [-0.1, -0.05) is 50.2 Å². The van der Waals surface area contributed by atoms with Crippen LogP contribution in [0.4, 0.5) is 0 Å². The molecule has 0 spiro atoms. The summed E-state index contributed by atoms with van der Waals surface area (Å²) in [6, 6.07) is 17.8. The molecule has 59 heavy (non-hydrogen) atoms. The lowest BCUT2D eigenvalue weighted by Crippen LogP contribution is -2.48. The molecule has 2 aliphatic rings. The molecule has 2 amide bonds. The lowest BCUT2D eigenvalue weighted by molar-refractivity contribution is -0.141. The van der Waals surface area contributed by atoms with Gasteiger partial charge in [-0.05, 0) is 97.0 Å². The average Bonchev–Trinajstić information content (AvgIpc) is 4.05. The quantitative estimate of drug-likeness (QED) is 0.107. The summed E-state index contributed by atoms with van der Waals surface area (Å²) >= 11 is 3.20. The Hall–Kier alpha value is -5.22. The lowest BCUT2D eigenvalue weighted by atomic mass is 9.89. The smallest absolute Gasteiger partial charge is 0.254 e. The number of nitrogens with one attached hydrogen (secondary N) is 1. The zero-order valence-electron chi connectivity index (χ0n) is 33.6. The number of para-hydroxylation sites is 1. The van der Waals surface area contributed by atoms with Crippen LogP contribution in [0.5, 0.6) is 11.6 Å². The molecule has 13 nitrogen and oxygen atoms in total. The number of hydrogen-bond donors (Lipinski definition) is 3. The van der Waals surface area contributed by atoms with Crippen LogP contribution in [0, 0.1) is 12.8 Å². The number of fused-ring (bicyclic) bond motifs is 1. The SMILES string of the molecule is Cc1ncsc1-c1ccc([C@H](C)NC(=O)[C@@H]2C[C@@H](O)CN2C(=O)[C@@H](c2cc(OCCN3CCC(c4csc5nnc(-c6ccccc6O)cc45)CC3)no2)C(C)C)cc1. The van der Waals surface area contributed by atoms with Crippen molar-refractivity contribution in [2.24, 2.45) is 5.92 Å². The van der Waals surface area contributed by atoms with Gasteiger partial charge in [0, 0.05) is 36.5 Å². The van der Waals surface area contributed by atoms with Gasteiger partial charge in [0.05, 0.1) is 33.9 Å². The number of aliphatic hydroxyl groups is 1. The van der Waals surface area contributed by atoms with E-state index in [-0.39, 0.29) is 42.5 Å². The number of thiazole rings is 1. The summed E-state index contributed by atoms with van der Waals surface area (Å²) in [6.45, 7) is 10.8. The van der Waals surface area contributed by atoms with Gasteiger partial charge in [-0.25, -0.2) is 4.98 Å². The van der Waals surface area contributed by atoms with Gasteiger partial charge in [-0.15, -0.1) is 32.9 Å². The van der Waals surface area contributed by atoms with Crippen molar-refractivity contribution in [1.29, 1.82) is 0 Å². The Morgan fingerprint density at radius 1 is 1.03 bits per heavy atom. The Kier molecular flexibility index (Phi) is 12.1. The van der Waals surface area contributed by atoms with Crippen molar-refractivity contribution in [2.75, 3.05) is 32.8 Å². The Bertz CT molecular complexity index is 2400. The van der Waals surface area contributed by atoms with E-state index in [1.807, 2.05) is 75.7 Å². The van der Waals surface area contributed by atoms with Gasteiger partial charge in [-0.2, -0.15) is 0 Å². The highest BCUT2D eigenvalue weighted by Crippen LogP contribution is 2.38. The number of phenols is 1. The van der Waals surface area contributed by atoms with Crippen LogP contribution >= 0.6 is 22.7 Å². The third-order valence-corrected chi connectivity index (χ3v) is 13.5. The van der Waals surface area contributed by atoms with Crippen LogP contribution in [-0.2, 0) is 9.59 Å². The molecule has 4 aromatic heterocycles. The van der Waals surface area contributed by atoms with E-state index in [2.05, 4.69) is 35.9 Å². The number of aromatic hydroxyl groups is 1. The van der Waals surface area contributed by atoms with E-state index >= 15 is 0 Å². The number of aromatic nitrogens is 4. The Morgan fingerprint density at radius 2 is 1.81 bits per heavy atom. The standard InChI is InChI=1S/C44H49N7O6S2/c1-25(2)40(44(55)51-22-31(52)19-36(51)42(54)46-26(3)28-9-11-30(12-10-28)41-27(4)45-24-59-41)38-21-39(49-57-38)56-18-17-50-15-13-29(14-16-50)34-23-58-43-33(34)20-35(47-48-43)32-7-5-6-8-37(32)53/h5-12,20-21,23-26,29,31,36,40,52-53H,13-19,22H2,1-4H3,(H,46,54)/t26-,31+,36-,40+/m0/s1. The average molecular weight is 836 g/mol. The minimum absolute atomic E-state index is 0.0572. The van der Waals surface area contributed by atoms with E-state index in [4.69, 9.17) is 9.26 Å². The van der Waals surface area contributed by atoms with Crippen LogP contribution < -0.4 is 10.1 Å². The molecule has 6 aromatic rings. The second kappa shape index (κ2) is 17.6. The summed E-state index contributed by atoms with van der Waals surface area (Å²) in [7, 11) is 0. The van der Waals surface area contributed by atoms with E-state index in [1.54, 1.807) is 40.9 Å². The molecule has 2 fully saturated rings. The molecule has 0 radical (unpaired) electrons. The molecule has 8 rings (SSSR count). The predicted octanol–water partition coefficient (Wildman–Crippen LogP) is 7.32. The lowest BCUT2D eigenvalue weighted by Gasteiger charge is -2.31. The van der Waals surface area contributed by atoms with Crippen molar-refractivity contribution < 1.29 is 29.1 Å². The number of hydrogen-bond acceptors (Lipinski definition) is 13. The maximum Gasteiger partial charge on any atom is 0.254 e. The van der Waals surface area contributed by atoms with Gasteiger partial charge in [0.2, 0.25) is 11.8 Å². The molecule has 2 saturated heterocycles. The minimum Gasteiger partial charge on any atom is -0.507 e. The third kappa shape index (κ3) is 8.74. The first-order valence-electron chi connectivity index (χ1n) is 20.2. The van der Waals surface area contributed by atoms with Crippen molar-refractivity contribution in [3.8, 4) is 33.3 Å². The normalized spacial score (nSPS) is 18.7. The highest BCUT2D eigenvalue weighted by molar-refractivity contribution is 7.17. The fraction of sp³-hybridized carbons (Fsp3) is 0.409. The van der Waals surface area contributed by atoms with Crippen LogP contribution in [-0.4, -0.2) is 97.1 Å². The molecule has 6 heterocycles. The number of rotatable bonds is 13. The largest absolute Gasteiger partial charge is 0.507 e. The maximum atomic E-state index is 14.2. The highest BCUT2D eigenvalue weighted by atomic mass is 32.1. The van der Waals surface area contributed by atoms with Gasteiger partial charge < -0.3 is 29.7 Å². The van der Waals surface area contributed by atoms with Crippen molar-refractivity contribution in [3.05, 3.63) is 94.1 Å². The number of thiophene rings is 1. The van der Waals surface area contributed by atoms with E-state index in [9.17, 15) is 19.8 Å². The molecule has 0 unspecified atom stereocenters. The molecule has 15 heteroatoms. The summed E-state index contributed by atoms with van der Waals surface area (Å²) in [5.74, 6) is -0.233. The fourth-order valence-electron chi connectivity index (χ4n) is 8.34. The van der Waals surface area contributed by atoms with E-state index < -0.39 is 18.1 Å². The van der Waals surface area contributed by atoms with Gasteiger partial charge in [0.1, 0.15) is 29.1 Å². The van der Waals surface area contributed by atoms with E-state index in [1.165, 1.54) is 10.5 Å². The first-order chi connectivity index (χ1) is 28.5. The van der Waals surface area contributed by atoms with E-state index in [0.717, 1.165) is 57.8 Å². The third-order valence-electron chi connectivity index (χ3n) is 11.6. The van der Waals surface area contributed by atoms with Crippen LogP contribution in [0.2, 0.25) is 0 Å². The number of ether oxygens (including phenoxy) is 1. The molecule has 2 aliphatic heterocycles. The molecular weight excluding hydrogens is 787 g/mol. The number of aryl methyl sites for hydroxylation is 1. The van der Waals surface area contributed by atoms with Crippen LogP contribution in [0.1, 0.15) is 80.5 Å². The number of piperidine rings is 1. The minimum atomic E-state index is -0.823. The number of nitrogens with zero attached hydrogens (tertiary/aromatic N) is 6. The first kappa shape index (κ1) is 40.6. The molecule has 0 saturated carbocycles. The number of carbonyl (C=O) groups is 2. The predicted molar refractivity (Wildman–Crippen MR) is 227 cm³/mol. The van der Waals surface area contributed by atoms with Crippen LogP contribution in [0.15, 0.2) is 76.1 Å². The zero-order chi connectivity index (χ0) is 41.2. The summed E-state index contributed by atoms with van der Waals surface area (Å²) in [6.07, 6.45) is 1.33. The molecule has 3 N–H and O–H groups in total. The number of β-amino-alcohol motifs (C(OH)–C–C–N with tert-alkyl or cyclic N) is 1. The molecular formula is C44H49N7O6S2. The van der Waals surface area contributed by atoms with Crippen molar-refractivity contribution in [3.63, 3.8) is 0 Å². The fourth-order valence-corrected chi connectivity index (χ4v) is 10.1. The van der Waals surface area contributed by atoms with Gasteiger partial charge in [0.25, 0.3) is 5.88 Å². The molecule has 0 bridgehead atoms. The van der Waals surface area contributed by atoms with Gasteiger partial charge in [0.15, 0.2) is 5.76 Å². The molecule has 308 valence electrons. The van der Waals surface area contributed by atoms with Crippen molar-refractivity contribution in [2.45, 2.75) is 77.0 Å². The number of likely N-dealkylation sites (tertiary alicyclic amines) is 2. The highest BCUT2D eigenvalue weighted by Gasteiger charge is 2.43. The summed E-state index contributed by atoms with van der Waals surface area (Å²) in [5, 5.41) is 40.4. The monoisotopic (exact) mass is 835 g/mol. The van der Waals surface area contributed by atoms with Crippen LogP contribution in [0.25, 0.3) is 31.9 Å². The van der Waals surface area contributed by atoms with Crippen LogP contribution in [0.3, 0.4) is 0 Å². The van der Waals surface area contributed by atoms with Crippen molar-refractivity contribution >= 4 is 44.7 Å². The summed E-state index contributed by atoms with van der Waals surface area (Å²) < 4.78 is 11.7. The topological polar surface area (TPSA) is 167 Å². The number of phenolic OH excluding ortho intramolecular Hbond substituents is 1. The number of amides is 2. The molecule has 2 aromatic carbocycles.